The van der Waals surface area contributed by atoms with Gasteiger partial charge < -0.3 is 0 Å². The first kappa shape index (κ1) is 11.4. The van der Waals surface area contributed by atoms with Gasteiger partial charge in [-0.15, -0.1) is 0 Å². The van der Waals surface area contributed by atoms with Crippen LogP contribution in [0.15, 0.2) is 42.7 Å². The van der Waals surface area contributed by atoms with Gasteiger partial charge in [0.1, 0.15) is 5.15 Å². The molecular formula is C13H7Cl2N3. The molecule has 3 aromatic rings. The van der Waals surface area contributed by atoms with E-state index in [4.69, 9.17) is 23.2 Å². The van der Waals surface area contributed by atoms with Gasteiger partial charge in [-0.3, -0.25) is 4.98 Å². The maximum atomic E-state index is 6.14. The van der Waals surface area contributed by atoms with Gasteiger partial charge in [0.2, 0.25) is 0 Å². The molecule has 88 valence electrons. The lowest BCUT2D eigenvalue weighted by Crippen LogP contribution is -1.91. The van der Waals surface area contributed by atoms with Crippen molar-refractivity contribution in [2.24, 2.45) is 0 Å². The van der Waals surface area contributed by atoms with Crippen molar-refractivity contribution in [2.75, 3.05) is 0 Å². The van der Waals surface area contributed by atoms with Crippen LogP contribution >= 0.6 is 23.2 Å². The molecule has 3 nitrogen and oxygen atoms in total. The first-order valence-corrected chi connectivity index (χ1v) is 6.03. The predicted octanol–water partition coefficient (Wildman–Crippen LogP) is 4.00. The monoisotopic (exact) mass is 275 g/mol. The summed E-state index contributed by atoms with van der Waals surface area (Å²) in [6.07, 6.45) is 3.33. The highest BCUT2D eigenvalue weighted by Gasteiger charge is 2.10. The minimum atomic E-state index is 0.402. The summed E-state index contributed by atoms with van der Waals surface area (Å²) in [4.78, 5) is 12.7. The Labute approximate surface area is 113 Å². The molecule has 0 aliphatic heterocycles. The van der Waals surface area contributed by atoms with Crippen LogP contribution in [0.4, 0.5) is 0 Å². The van der Waals surface area contributed by atoms with Crippen LogP contribution in [-0.2, 0) is 0 Å². The van der Waals surface area contributed by atoms with Crippen LogP contribution < -0.4 is 0 Å². The van der Waals surface area contributed by atoms with Crippen molar-refractivity contribution in [3.8, 4) is 11.4 Å². The third-order valence-electron chi connectivity index (χ3n) is 2.58. The molecule has 0 N–H and O–H groups in total. The second-order valence-electron chi connectivity index (χ2n) is 3.70. The fraction of sp³-hybridized carbons (Fsp3) is 0. The van der Waals surface area contributed by atoms with E-state index >= 15 is 0 Å². The summed E-state index contributed by atoms with van der Waals surface area (Å²) in [5.74, 6) is 0.544. The van der Waals surface area contributed by atoms with Gasteiger partial charge >= 0.3 is 0 Å². The van der Waals surface area contributed by atoms with Crippen LogP contribution in [0.3, 0.4) is 0 Å². The largest absolute Gasteiger partial charge is 0.255 e. The van der Waals surface area contributed by atoms with Crippen LogP contribution in [0, 0.1) is 0 Å². The molecule has 0 spiro atoms. The third-order valence-corrected chi connectivity index (χ3v) is 3.12. The Morgan fingerprint density at radius 1 is 0.889 bits per heavy atom. The second-order valence-corrected chi connectivity index (χ2v) is 4.49. The van der Waals surface area contributed by atoms with Crippen molar-refractivity contribution in [3.63, 3.8) is 0 Å². The quantitative estimate of drug-likeness (QED) is 0.630. The minimum absolute atomic E-state index is 0.402. The van der Waals surface area contributed by atoms with E-state index in [9.17, 15) is 0 Å². The van der Waals surface area contributed by atoms with Gasteiger partial charge in [-0.25, -0.2) is 9.97 Å². The van der Waals surface area contributed by atoms with Crippen molar-refractivity contribution in [1.29, 1.82) is 0 Å². The van der Waals surface area contributed by atoms with Crippen molar-refractivity contribution in [3.05, 3.63) is 52.9 Å². The topological polar surface area (TPSA) is 38.7 Å². The number of rotatable bonds is 1. The summed E-state index contributed by atoms with van der Waals surface area (Å²) in [6, 6.07) is 9.06. The first-order chi connectivity index (χ1) is 8.75. The van der Waals surface area contributed by atoms with Crippen LogP contribution in [0.5, 0.6) is 0 Å². The Kier molecular flexibility index (Phi) is 2.86. The fourth-order valence-corrected chi connectivity index (χ4v) is 2.14. The van der Waals surface area contributed by atoms with E-state index in [1.807, 2.05) is 24.3 Å². The van der Waals surface area contributed by atoms with Crippen molar-refractivity contribution in [2.45, 2.75) is 0 Å². The Morgan fingerprint density at radius 3 is 2.61 bits per heavy atom. The van der Waals surface area contributed by atoms with Crippen LogP contribution in [0.2, 0.25) is 10.2 Å². The van der Waals surface area contributed by atoms with Crippen LogP contribution in [-0.4, -0.2) is 15.0 Å². The smallest absolute Gasteiger partial charge is 0.163 e. The Morgan fingerprint density at radius 2 is 1.78 bits per heavy atom. The molecule has 0 aliphatic carbocycles. The maximum absolute atomic E-state index is 6.14. The average Bonchev–Trinajstić information content (AvgIpc) is 2.39. The summed E-state index contributed by atoms with van der Waals surface area (Å²) in [6.45, 7) is 0. The van der Waals surface area contributed by atoms with E-state index < -0.39 is 0 Å². The number of hydrogen-bond donors (Lipinski definition) is 0. The molecule has 1 aromatic carbocycles. The minimum Gasteiger partial charge on any atom is -0.255 e. The van der Waals surface area contributed by atoms with Gasteiger partial charge in [0, 0.05) is 23.3 Å². The van der Waals surface area contributed by atoms with Gasteiger partial charge in [-0.2, -0.15) is 0 Å². The van der Waals surface area contributed by atoms with E-state index in [1.165, 1.54) is 0 Å². The fourth-order valence-electron chi connectivity index (χ4n) is 1.78. The summed E-state index contributed by atoms with van der Waals surface area (Å²) in [5.41, 5.74) is 1.59. The molecule has 0 saturated heterocycles. The standard InChI is InChI=1S/C13H7Cl2N3/c14-10-4-3-9(12-8(10)2-1-6-16-12)13-17-7-5-11(15)18-13/h1-7H. The molecule has 0 amide bonds. The zero-order chi connectivity index (χ0) is 12.5. The first-order valence-electron chi connectivity index (χ1n) is 5.28. The van der Waals surface area contributed by atoms with Gasteiger partial charge in [-0.1, -0.05) is 23.2 Å². The van der Waals surface area contributed by atoms with E-state index in [2.05, 4.69) is 15.0 Å². The highest BCUT2D eigenvalue weighted by molar-refractivity contribution is 6.35. The van der Waals surface area contributed by atoms with Gasteiger partial charge in [0.15, 0.2) is 5.82 Å². The Bertz CT molecular complexity index is 728. The lowest BCUT2D eigenvalue weighted by Gasteiger charge is -2.05. The average molecular weight is 276 g/mol. The van der Waals surface area contributed by atoms with E-state index in [0.29, 0.717) is 16.0 Å². The zero-order valence-electron chi connectivity index (χ0n) is 9.14. The lowest BCUT2D eigenvalue weighted by atomic mass is 10.1. The van der Waals surface area contributed by atoms with Crippen molar-refractivity contribution < 1.29 is 0 Å². The number of hydrogen-bond acceptors (Lipinski definition) is 3. The van der Waals surface area contributed by atoms with E-state index in [-0.39, 0.29) is 0 Å². The van der Waals surface area contributed by atoms with Crippen LogP contribution in [0.1, 0.15) is 0 Å². The number of benzene rings is 1. The molecule has 0 aliphatic rings. The van der Waals surface area contributed by atoms with Gasteiger partial charge in [0.25, 0.3) is 0 Å². The Balaban J connectivity index is 2.33. The number of nitrogens with zero attached hydrogens (tertiary/aromatic N) is 3. The number of halogens is 2. The highest BCUT2D eigenvalue weighted by Crippen LogP contribution is 2.29. The predicted molar refractivity (Wildman–Crippen MR) is 72.8 cm³/mol. The molecule has 3 rings (SSSR count). The Hall–Kier alpha value is -1.71. The SMILES string of the molecule is Clc1ccnc(-c2ccc(Cl)c3cccnc23)n1. The normalized spacial score (nSPS) is 10.8. The molecule has 0 bridgehead atoms. The number of aromatic nitrogens is 3. The summed E-state index contributed by atoms with van der Waals surface area (Å²) < 4.78 is 0. The molecule has 18 heavy (non-hydrogen) atoms. The molecule has 2 heterocycles. The van der Waals surface area contributed by atoms with Gasteiger partial charge in [0.05, 0.1) is 10.5 Å². The van der Waals surface area contributed by atoms with Crippen LogP contribution in [0.25, 0.3) is 22.3 Å². The van der Waals surface area contributed by atoms with E-state index in [0.717, 1.165) is 16.5 Å². The molecule has 0 unspecified atom stereocenters. The maximum Gasteiger partial charge on any atom is 0.163 e. The molecular weight excluding hydrogens is 269 g/mol. The molecule has 0 radical (unpaired) electrons. The zero-order valence-corrected chi connectivity index (χ0v) is 10.7. The van der Waals surface area contributed by atoms with Crippen molar-refractivity contribution >= 4 is 34.1 Å². The molecule has 2 aromatic heterocycles. The summed E-state index contributed by atoms with van der Waals surface area (Å²) in [5, 5.41) is 1.93. The lowest BCUT2D eigenvalue weighted by molar-refractivity contribution is 1.18. The third kappa shape index (κ3) is 1.92. The van der Waals surface area contributed by atoms with E-state index in [1.54, 1.807) is 18.5 Å². The van der Waals surface area contributed by atoms with Gasteiger partial charge in [-0.05, 0) is 30.3 Å². The molecule has 5 heteroatoms. The second kappa shape index (κ2) is 4.52. The molecule has 0 saturated carbocycles. The number of fused-ring (bicyclic) bond motifs is 1. The molecule has 0 atom stereocenters. The number of pyridine rings is 1. The van der Waals surface area contributed by atoms with Crippen molar-refractivity contribution in [1.82, 2.24) is 15.0 Å². The highest BCUT2D eigenvalue weighted by atomic mass is 35.5. The summed E-state index contributed by atoms with van der Waals surface area (Å²) >= 11 is 12.0. The molecule has 0 fully saturated rings. The summed E-state index contributed by atoms with van der Waals surface area (Å²) in [7, 11) is 0.